The van der Waals surface area contributed by atoms with Crippen LogP contribution in [0.1, 0.15) is 12.8 Å². The van der Waals surface area contributed by atoms with Gasteiger partial charge in [0.1, 0.15) is 0 Å². The number of benzene rings is 1. The molecule has 1 aromatic rings. The molecule has 0 fully saturated rings. The minimum Gasteiger partial charge on any atom is -0.491 e. The van der Waals surface area contributed by atoms with E-state index in [4.69, 9.17) is 0 Å². The zero-order chi connectivity index (χ0) is 16.8. The van der Waals surface area contributed by atoms with Crippen molar-refractivity contribution < 1.29 is 23.1 Å². The Kier molecular flexibility index (Phi) is 5.45. The van der Waals surface area contributed by atoms with E-state index in [-0.39, 0.29) is 17.5 Å². The van der Waals surface area contributed by atoms with Gasteiger partial charge in [0.05, 0.1) is 13.0 Å². The van der Waals surface area contributed by atoms with Crippen LogP contribution in [0.2, 0.25) is 0 Å². The van der Waals surface area contributed by atoms with Crippen molar-refractivity contribution in [3.8, 4) is 5.75 Å². The number of hydrogen-bond donors (Lipinski definition) is 3. The Labute approximate surface area is 131 Å². The summed E-state index contributed by atoms with van der Waals surface area (Å²) in [5.74, 6) is -2.78. The van der Waals surface area contributed by atoms with Gasteiger partial charge in [0, 0.05) is 30.6 Å². The smallest absolute Gasteiger partial charge is 0.319 e. The summed E-state index contributed by atoms with van der Waals surface area (Å²) in [4.78, 5) is 22.9. The topological polar surface area (TPSA) is 91.8 Å². The molecular formula is C14H16F2N4O3. The molecule has 0 aromatic heterocycles. The molecule has 0 saturated heterocycles. The zero-order valence-electron chi connectivity index (χ0n) is 12.4. The lowest BCUT2D eigenvalue weighted by Crippen LogP contribution is -2.30. The van der Waals surface area contributed by atoms with Gasteiger partial charge in [-0.3, -0.25) is 4.79 Å². The maximum Gasteiger partial charge on any atom is 0.319 e. The molecule has 23 heavy (non-hydrogen) atoms. The van der Waals surface area contributed by atoms with Crippen molar-refractivity contribution in [3.63, 3.8) is 0 Å². The molecular weight excluding hydrogens is 310 g/mol. The van der Waals surface area contributed by atoms with Gasteiger partial charge in [0.25, 0.3) is 0 Å². The van der Waals surface area contributed by atoms with Crippen LogP contribution in [0.5, 0.6) is 5.75 Å². The van der Waals surface area contributed by atoms with Gasteiger partial charge in [-0.1, -0.05) is 0 Å². The van der Waals surface area contributed by atoms with E-state index >= 15 is 0 Å². The van der Waals surface area contributed by atoms with Crippen LogP contribution in [0.25, 0.3) is 0 Å². The Hall–Kier alpha value is -2.71. The predicted octanol–water partition coefficient (Wildman–Crippen LogP) is 1.61. The summed E-state index contributed by atoms with van der Waals surface area (Å²) >= 11 is 0. The average Bonchev–Trinajstić information content (AvgIpc) is 2.89. The Morgan fingerprint density at radius 1 is 1.39 bits per heavy atom. The summed E-state index contributed by atoms with van der Waals surface area (Å²) in [7, 11) is 1.15. The van der Waals surface area contributed by atoms with Crippen LogP contribution < -0.4 is 20.8 Å². The van der Waals surface area contributed by atoms with E-state index in [1.807, 2.05) is 0 Å². The van der Waals surface area contributed by atoms with E-state index < -0.39 is 23.4 Å². The van der Waals surface area contributed by atoms with E-state index in [1.165, 1.54) is 6.21 Å². The van der Waals surface area contributed by atoms with Crippen molar-refractivity contribution in [1.29, 1.82) is 0 Å². The molecule has 1 aliphatic heterocycles. The van der Waals surface area contributed by atoms with Crippen molar-refractivity contribution in [2.24, 2.45) is 11.0 Å². The number of nitrogens with one attached hydrogen (secondary N) is 3. The third-order valence-electron chi connectivity index (χ3n) is 3.20. The molecule has 1 heterocycles. The maximum atomic E-state index is 13.5. The van der Waals surface area contributed by atoms with Gasteiger partial charge in [0.15, 0.2) is 17.4 Å². The fourth-order valence-electron chi connectivity index (χ4n) is 2.07. The van der Waals surface area contributed by atoms with E-state index in [0.29, 0.717) is 19.4 Å². The van der Waals surface area contributed by atoms with Gasteiger partial charge in [-0.05, 0) is 12.8 Å². The molecule has 1 aliphatic rings. The van der Waals surface area contributed by atoms with E-state index in [9.17, 15) is 18.4 Å². The molecule has 124 valence electrons. The molecule has 1 unspecified atom stereocenters. The summed E-state index contributed by atoms with van der Waals surface area (Å²) in [6.07, 6.45) is 2.62. The summed E-state index contributed by atoms with van der Waals surface area (Å²) in [5, 5.41) is 8.50. The van der Waals surface area contributed by atoms with Crippen LogP contribution in [0.15, 0.2) is 17.2 Å². The quantitative estimate of drug-likeness (QED) is 0.694. The number of carbonyl (C=O) groups is 2. The molecule has 2 rings (SSSR count). The minimum absolute atomic E-state index is 0.0272. The average molecular weight is 326 g/mol. The van der Waals surface area contributed by atoms with E-state index in [1.54, 1.807) is 0 Å². The number of hydrazone groups is 1. The maximum absolute atomic E-state index is 13.5. The molecule has 1 atom stereocenters. The third-order valence-corrected chi connectivity index (χ3v) is 3.20. The lowest BCUT2D eigenvalue weighted by atomic mass is 10.1. The second-order valence-corrected chi connectivity index (χ2v) is 4.86. The Bertz CT molecular complexity index is 613. The molecule has 0 radical (unpaired) electrons. The number of carbonyl (C=O) groups excluding carboxylic acids is 2. The normalized spacial score (nSPS) is 16.1. The monoisotopic (exact) mass is 326 g/mol. The van der Waals surface area contributed by atoms with Crippen LogP contribution in [-0.4, -0.2) is 31.8 Å². The summed E-state index contributed by atoms with van der Waals surface area (Å²) in [5.41, 5.74) is 2.29. The largest absolute Gasteiger partial charge is 0.491 e. The number of amides is 3. The van der Waals surface area contributed by atoms with Crippen LogP contribution in [0.4, 0.5) is 19.3 Å². The Balaban J connectivity index is 1.76. The first-order valence-electron chi connectivity index (χ1n) is 6.92. The molecule has 0 saturated carbocycles. The molecule has 1 aromatic carbocycles. The second kappa shape index (κ2) is 7.52. The fourth-order valence-corrected chi connectivity index (χ4v) is 2.07. The first-order chi connectivity index (χ1) is 11.0. The minimum atomic E-state index is -0.908. The lowest BCUT2D eigenvalue weighted by Gasteiger charge is -2.10. The van der Waals surface area contributed by atoms with Crippen molar-refractivity contribution in [2.45, 2.75) is 12.8 Å². The van der Waals surface area contributed by atoms with E-state index in [0.717, 1.165) is 19.2 Å². The van der Waals surface area contributed by atoms with Crippen molar-refractivity contribution in [1.82, 2.24) is 10.7 Å². The number of methoxy groups -OCH3 is 1. The standard InChI is InChI=1S/C14H16F2N4O3/c1-23-12-10(15)5-9(6-11(12)16)19-14(22)17-4-2-3-8-7-18-20-13(8)21/h5-8H,2-4H2,1H3,(H,20,21)(H2,17,19,22). The molecule has 9 heteroatoms. The second-order valence-electron chi connectivity index (χ2n) is 4.86. The summed E-state index contributed by atoms with van der Waals surface area (Å²) < 4.78 is 31.5. The molecule has 7 nitrogen and oxygen atoms in total. The molecule has 0 bridgehead atoms. The molecule has 3 N–H and O–H groups in total. The number of urea groups is 1. The van der Waals surface area contributed by atoms with Gasteiger partial charge in [-0.25, -0.2) is 19.0 Å². The number of nitrogens with zero attached hydrogens (tertiary/aromatic N) is 1. The predicted molar refractivity (Wildman–Crippen MR) is 79.3 cm³/mol. The molecule has 0 aliphatic carbocycles. The lowest BCUT2D eigenvalue weighted by molar-refractivity contribution is -0.122. The highest BCUT2D eigenvalue weighted by atomic mass is 19.1. The van der Waals surface area contributed by atoms with Gasteiger partial charge < -0.3 is 15.4 Å². The van der Waals surface area contributed by atoms with Gasteiger partial charge in [0.2, 0.25) is 5.91 Å². The molecule has 0 spiro atoms. The highest BCUT2D eigenvalue weighted by Crippen LogP contribution is 2.25. The number of rotatable bonds is 6. The van der Waals surface area contributed by atoms with Gasteiger partial charge >= 0.3 is 6.03 Å². The summed E-state index contributed by atoms with van der Waals surface area (Å²) in [6.45, 7) is 0.310. The fraction of sp³-hybridized carbons (Fsp3) is 0.357. The third kappa shape index (κ3) is 4.38. The number of hydrogen-bond acceptors (Lipinski definition) is 4. The SMILES string of the molecule is COc1c(F)cc(NC(=O)NCCCC2C=NNC2=O)cc1F. The van der Waals surface area contributed by atoms with Crippen LogP contribution >= 0.6 is 0 Å². The van der Waals surface area contributed by atoms with Crippen molar-refractivity contribution >= 4 is 23.8 Å². The number of ether oxygens (including phenoxy) is 1. The molecule has 3 amide bonds. The Morgan fingerprint density at radius 3 is 2.65 bits per heavy atom. The van der Waals surface area contributed by atoms with E-state index in [2.05, 4.69) is 25.9 Å². The van der Waals surface area contributed by atoms with Crippen LogP contribution in [-0.2, 0) is 4.79 Å². The van der Waals surface area contributed by atoms with Gasteiger partial charge in [-0.2, -0.15) is 5.10 Å². The Morgan fingerprint density at radius 2 is 2.09 bits per heavy atom. The van der Waals surface area contributed by atoms with Gasteiger partial charge in [-0.15, -0.1) is 0 Å². The highest BCUT2D eigenvalue weighted by Gasteiger charge is 2.19. The first kappa shape index (κ1) is 16.7. The van der Waals surface area contributed by atoms with Crippen molar-refractivity contribution in [2.75, 3.05) is 19.0 Å². The van der Waals surface area contributed by atoms with Crippen LogP contribution in [0.3, 0.4) is 0 Å². The van der Waals surface area contributed by atoms with Crippen LogP contribution in [0, 0.1) is 17.6 Å². The number of anilines is 1. The number of halogens is 2. The zero-order valence-corrected chi connectivity index (χ0v) is 12.4. The summed E-state index contributed by atoms with van der Waals surface area (Å²) in [6, 6.07) is 1.32. The first-order valence-corrected chi connectivity index (χ1v) is 6.92. The van der Waals surface area contributed by atoms with Crippen molar-refractivity contribution in [3.05, 3.63) is 23.8 Å². The highest BCUT2D eigenvalue weighted by molar-refractivity contribution is 5.97.